The van der Waals surface area contributed by atoms with Gasteiger partial charge in [0.15, 0.2) is 0 Å². The zero-order valence-corrected chi connectivity index (χ0v) is 15.2. The van der Waals surface area contributed by atoms with Crippen molar-refractivity contribution in [1.82, 2.24) is 10.2 Å². The Labute approximate surface area is 157 Å². The van der Waals surface area contributed by atoms with Gasteiger partial charge < -0.3 is 15.1 Å². The average Bonchev–Trinajstić information content (AvgIpc) is 3.09. The smallest absolute Gasteiger partial charge is 0.270 e. The summed E-state index contributed by atoms with van der Waals surface area (Å²) in [5, 5.41) is 14.1. The molecule has 3 fully saturated rings. The number of nitrogens with one attached hydrogen (secondary N) is 1. The van der Waals surface area contributed by atoms with Gasteiger partial charge in [-0.15, -0.1) is 0 Å². The number of rotatable bonds is 3. The first-order chi connectivity index (χ1) is 13.1. The Balaban J connectivity index is 1.69. The fraction of sp³-hybridized carbons (Fsp3) is 0.579. The molecule has 0 unspecified atom stereocenters. The van der Waals surface area contributed by atoms with Crippen molar-refractivity contribution < 1.29 is 14.5 Å². The van der Waals surface area contributed by atoms with E-state index in [1.54, 1.807) is 11.0 Å². The fourth-order valence-corrected chi connectivity index (χ4v) is 4.58. The van der Waals surface area contributed by atoms with Crippen LogP contribution in [0.1, 0.15) is 42.5 Å². The van der Waals surface area contributed by atoms with E-state index in [1.807, 2.05) is 0 Å². The third-order valence-electron chi connectivity index (χ3n) is 5.98. The number of amides is 2. The first-order valence-corrected chi connectivity index (χ1v) is 9.68. The number of likely N-dealkylation sites (tertiary alicyclic amines) is 1. The van der Waals surface area contributed by atoms with Crippen LogP contribution in [0.25, 0.3) is 0 Å². The molecule has 2 amide bonds. The number of nitrogens with zero attached hydrogens (tertiary/aromatic N) is 3. The largest absolute Gasteiger partial charge is 0.371 e. The zero-order chi connectivity index (χ0) is 19.0. The predicted molar refractivity (Wildman–Crippen MR) is 99.7 cm³/mol. The van der Waals surface area contributed by atoms with Gasteiger partial charge >= 0.3 is 0 Å². The van der Waals surface area contributed by atoms with Crippen LogP contribution >= 0.6 is 0 Å². The molecule has 27 heavy (non-hydrogen) atoms. The monoisotopic (exact) mass is 372 g/mol. The minimum absolute atomic E-state index is 0.00722. The number of piperidine rings is 2. The maximum atomic E-state index is 13.4. The second-order valence-corrected chi connectivity index (χ2v) is 7.57. The van der Waals surface area contributed by atoms with E-state index in [-0.39, 0.29) is 29.5 Å². The molecule has 0 saturated carbocycles. The van der Waals surface area contributed by atoms with E-state index in [2.05, 4.69) is 10.2 Å². The maximum Gasteiger partial charge on any atom is 0.270 e. The van der Waals surface area contributed by atoms with E-state index in [4.69, 9.17) is 0 Å². The number of fused-ring (bicyclic) bond motifs is 1. The maximum absolute atomic E-state index is 13.4. The Kier molecular flexibility index (Phi) is 4.72. The summed E-state index contributed by atoms with van der Waals surface area (Å²) in [7, 11) is 0. The summed E-state index contributed by atoms with van der Waals surface area (Å²) < 4.78 is 0. The van der Waals surface area contributed by atoms with Crippen LogP contribution in [0, 0.1) is 16.0 Å². The van der Waals surface area contributed by atoms with Crippen molar-refractivity contribution in [2.45, 2.75) is 38.1 Å². The summed E-state index contributed by atoms with van der Waals surface area (Å²) in [6.45, 7) is 2.74. The van der Waals surface area contributed by atoms with Crippen molar-refractivity contribution in [2.24, 2.45) is 5.92 Å². The van der Waals surface area contributed by atoms with Crippen molar-refractivity contribution in [3.8, 4) is 0 Å². The summed E-state index contributed by atoms with van der Waals surface area (Å²) in [6.07, 6.45) is 4.83. The van der Waals surface area contributed by atoms with E-state index in [0.29, 0.717) is 18.7 Å². The van der Waals surface area contributed by atoms with Crippen LogP contribution in [0.3, 0.4) is 0 Å². The molecule has 3 aliphatic rings. The molecule has 0 radical (unpaired) electrons. The van der Waals surface area contributed by atoms with Gasteiger partial charge in [0.05, 0.1) is 28.1 Å². The lowest BCUT2D eigenvalue weighted by Gasteiger charge is -2.37. The van der Waals surface area contributed by atoms with Gasteiger partial charge in [-0.1, -0.05) is 0 Å². The average molecular weight is 372 g/mol. The van der Waals surface area contributed by atoms with Gasteiger partial charge in [-0.05, 0) is 38.2 Å². The van der Waals surface area contributed by atoms with Crippen molar-refractivity contribution in [1.29, 1.82) is 0 Å². The Morgan fingerprint density at radius 1 is 1.15 bits per heavy atom. The SMILES string of the molecule is O=C1NC[C@H]2[C@@H]1CCCN2C(=O)c1cc([N+](=O)[O-])ccc1N1CCCCC1. The van der Waals surface area contributed by atoms with Crippen LogP contribution < -0.4 is 10.2 Å². The molecule has 0 aliphatic carbocycles. The number of hydrogen-bond acceptors (Lipinski definition) is 5. The summed E-state index contributed by atoms with van der Waals surface area (Å²) in [4.78, 5) is 40.2. The lowest BCUT2D eigenvalue weighted by Crippen LogP contribution is -2.49. The minimum Gasteiger partial charge on any atom is -0.371 e. The Morgan fingerprint density at radius 3 is 2.67 bits per heavy atom. The molecule has 4 rings (SSSR count). The van der Waals surface area contributed by atoms with Gasteiger partial charge in [0.1, 0.15) is 0 Å². The van der Waals surface area contributed by atoms with E-state index >= 15 is 0 Å². The predicted octanol–water partition coefficient (Wildman–Crippen LogP) is 1.94. The third-order valence-corrected chi connectivity index (χ3v) is 5.98. The quantitative estimate of drug-likeness (QED) is 0.646. The molecular weight excluding hydrogens is 348 g/mol. The number of carbonyl (C=O) groups excluding carboxylic acids is 2. The topological polar surface area (TPSA) is 95.8 Å². The highest BCUT2D eigenvalue weighted by Gasteiger charge is 2.43. The summed E-state index contributed by atoms with van der Waals surface area (Å²) in [5.74, 6) is -0.363. The van der Waals surface area contributed by atoms with Crippen LogP contribution in [0.2, 0.25) is 0 Å². The number of non-ortho nitro benzene ring substituents is 1. The zero-order valence-electron chi connectivity index (χ0n) is 15.2. The molecule has 1 aromatic rings. The molecule has 0 spiro atoms. The molecule has 0 bridgehead atoms. The molecule has 8 heteroatoms. The summed E-state index contributed by atoms with van der Waals surface area (Å²) >= 11 is 0. The van der Waals surface area contributed by atoms with Crippen molar-refractivity contribution in [2.75, 3.05) is 31.1 Å². The highest BCUT2D eigenvalue weighted by atomic mass is 16.6. The van der Waals surface area contributed by atoms with Crippen LogP contribution in [0.15, 0.2) is 18.2 Å². The van der Waals surface area contributed by atoms with E-state index < -0.39 is 4.92 Å². The summed E-state index contributed by atoms with van der Waals surface area (Å²) in [5.41, 5.74) is 1.07. The first-order valence-electron chi connectivity index (χ1n) is 9.68. The molecule has 1 aromatic carbocycles. The van der Waals surface area contributed by atoms with Gasteiger partial charge in [0.2, 0.25) is 5.91 Å². The molecule has 8 nitrogen and oxygen atoms in total. The Morgan fingerprint density at radius 2 is 1.93 bits per heavy atom. The second kappa shape index (κ2) is 7.17. The number of benzene rings is 1. The lowest BCUT2D eigenvalue weighted by molar-refractivity contribution is -0.384. The molecule has 144 valence electrons. The minimum atomic E-state index is -0.462. The van der Waals surface area contributed by atoms with Crippen LogP contribution in [-0.4, -0.2) is 53.9 Å². The number of hydrogen-bond donors (Lipinski definition) is 1. The van der Waals surface area contributed by atoms with Crippen LogP contribution in [0.5, 0.6) is 0 Å². The van der Waals surface area contributed by atoms with Gasteiger partial charge in [0, 0.05) is 38.3 Å². The third kappa shape index (κ3) is 3.24. The lowest BCUT2D eigenvalue weighted by atomic mass is 9.90. The van der Waals surface area contributed by atoms with Crippen molar-refractivity contribution >= 4 is 23.2 Å². The fourth-order valence-electron chi connectivity index (χ4n) is 4.58. The van der Waals surface area contributed by atoms with Gasteiger partial charge in [-0.25, -0.2) is 0 Å². The van der Waals surface area contributed by atoms with E-state index in [0.717, 1.165) is 50.9 Å². The number of anilines is 1. The normalized spacial score (nSPS) is 25.1. The van der Waals surface area contributed by atoms with Gasteiger partial charge in [0.25, 0.3) is 11.6 Å². The van der Waals surface area contributed by atoms with E-state index in [1.165, 1.54) is 12.1 Å². The molecule has 3 heterocycles. The summed E-state index contributed by atoms with van der Waals surface area (Å²) in [6, 6.07) is 4.42. The standard InChI is InChI=1S/C19H24N4O4/c24-18-14-5-4-10-22(17(14)12-20-18)19(25)15-11-13(23(26)27)6-7-16(15)21-8-2-1-3-9-21/h6-7,11,14,17H,1-5,8-10,12H2,(H,20,24)/t14-,17-/m0/s1. The van der Waals surface area contributed by atoms with Crippen molar-refractivity contribution in [3.05, 3.63) is 33.9 Å². The molecule has 3 aliphatic heterocycles. The highest BCUT2D eigenvalue weighted by molar-refractivity contribution is 6.01. The van der Waals surface area contributed by atoms with Crippen LogP contribution in [-0.2, 0) is 4.79 Å². The first kappa shape index (κ1) is 17.8. The number of nitro groups is 1. The highest BCUT2D eigenvalue weighted by Crippen LogP contribution is 2.33. The molecule has 3 saturated heterocycles. The molecule has 2 atom stereocenters. The van der Waals surface area contributed by atoms with Crippen molar-refractivity contribution in [3.63, 3.8) is 0 Å². The molecular formula is C19H24N4O4. The molecule has 1 N–H and O–H groups in total. The van der Waals surface area contributed by atoms with Gasteiger partial charge in [-0.3, -0.25) is 19.7 Å². The number of carbonyl (C=O) groups is 2. The van der Waals surface area contributed by atoms with E-state index in [9.17, 15) is 19.7 Å². The molecule has 0 aromatic heterocycles. The Bertz CT molecular complexity index is 775. The Hall–Kier alpha value is -2.64. The van der Waals surface area contributed by atoms with Crippen LogP contribution in [0.4, 0.5) is 11.4 Å². The van der Waals surface area contributed by atoms with Gasteiger partial charge in [-0.2, -0.15) is 0 Å². The second-order valence-electron chi connectivity index (χ2n) is 7.57. The number of nitro benzene ring substituents is 1.